The highest BCUT2D eigenvalue weighted by atomic mass is 16.5. The molecule has 0 bridgehead atoms. The van der Waals surface area contributed by atoms with Crippen molar-refractivity contribution in [3.63, 3.8) is 0 Å². The van der Waals surface area contributed by atoms with E-state index in [1.54, 1.807) is 26.2 Å². The molecular weight excluding hydrogens is 626 g/mol. The highest BCUT2D eigenvalue weighted by Crippen LogP contribution is 2.30. The number of hydrogen-bond acceptors (Lipinski definition) is 7. The maximum Gasteiger partial charge on any atom is 0.243 e. The second-order valence-electron chi connectivity index (χ2n) is 13.8. The van der Waals surface area contributed by atoms with Gasteiger partial charge in [-0.1, -0.05) is 71.4 Å². The Morgan fingerprint density at radius 3 is 2.22 bits per heavy atom. The van der Waals surface area contributed by atoms with Crippen LogP contribution in [0.1, 0.15) is 72.3 Å². The van der Waals surface area contributed by atoms with Gasteiger partial charge in [0.25, 0.3) is 0 Å². The van der Waals surface area contributed by atoms with E-state index in [2.05, 4.69) is 10.6 Å². The number of carbonyl (C=O) groups excluding carboxylic acids is 5. The largest absolute Gasteiger partial charge is 0.379 e. The van der Waals surface area contributed by atoms with Gasteiger partial charge in [0, 0.05) is 47.8 Å². The van der Waals surface area contributed by atoms with Gasteiger partial charge >= 0.3 is 0 Å². The molecule has 1 aromatic rings. The summed E-state index contributed by atoms with van der Waals surface area (Å²) in [4.78, 5) is 69.1. The van der Waals surface area contributed by atoms with Crippen molar-refractivity contribution in [3.05, 3.63) is 35.9 Å². The molecule has 0 aliphatic carbocycles. The molecule has 12 nitrogen and oxygen atoms in total. The van der Waals surface area contributed by atoms with Gasteiger partial charge in [-0.25, -0.2) is 0 Å². The maximum absolute atomic E-state index is 13.9. The van der Waals surface area contributed by atoms with Crippen molar-refractivity contribution in [2.24, 2.45) is 17.8 Å². The lowest BCUT2D eigenvalue weighted by molar-refractivity contribution is -0.145. The van der Waals surface area contributed by atoms with Crippen molar-refractivity contribution >= 4 is 30.0 Å². The molecule has 0 saturated carbocycles. The van der Waals surface area contributed by atoms with Crippen LogP contribution in [0.5, 0.6) is 0 Å². The highest BCUT2D eigenvalue weighted by molar-refractivity contribution is 5.88. The van der Waals surface area contributed by atoms with E-state index >= 15 is 0 Å². The lowest BCUT2D eigenvalue weighted by atomic mass is 9.90. The molecule has 1 heterocycles. The number of nitrogens with zero attached hydrogens (tertiary/aromatic N) is 3. The molecule has 276 valence electrons. The Morgan fingerprint density at radius 1 is 0.980 bits per heavy atom. The molecule has 1 aliphatic rings. The number of carbonyl (C=O) groups is 5. The van der Waals surface area contributed by atoms with E-state index in [-0.39, 0.29) is 67.0 Å². The first-order valence-electron chi connectivity index (χ1n) is 17.7. The SMILES string of the molecule is CCC(C)C(C(CC(=O)N1CCCC1C(OC)[C@@H](C)CC(=O)NCCc1ccccc1)OC)N(C)C(=O)CNC(=O)C(C(C)C)N(C)C=O. The van der Waals surface area contributed by atoms with Crippen LogP contribution in [0.2, 0.25) is 0 Å². The lowest BCUT2D eigenvalue weighted by Gasteiger charge is -2.39. The third-order valence-electron chi connectivity index (χ3n) is 9.96. The Balaban J connectivity index is 2.07. The summed E-state index contributed by atoms with van der Waals surface area (Å²) in [6.45, 7) is 10.6. The molecule has 5 amide bonds. The minimum atomic E-state index is -0.702. The third-order valence-corrected chi connectivity index (χ3v) is 9.96. The number of likely N-dealkylation sites (tertiary alicyclic amines) is 1. The zero-order chi connectivity index (χ0) is 36.7. The van der Waals surface area contributed by atoms with Gasteiger partial charge in [-0.2, -0.15) is 0 Å². The number of likely N-dealkylation sites (N-methyl/N-ethyl adjacent to an activating group) is 2. The summed E-state index contributed by atoms with van der Waals surface area (Å²) in [5, 5.41) is 5.71. The summed E-state index contributed by atoms with van der Waals surface area (Å²) >= 11 is 0. The van der Waals surface area contributed by atoms with E-state index in [1.807, 2.05) is 69.9 Å². The minimum absolute atomic E-state index is 0.00599. The number of rotatable bonds is 21. The van der Waals surface area contributed by atoms with Gasteiger partial charge in [-0.05, 0) is 42.6 Å². The fourth-order valence-electron chi connectivity index (χ4n) is 7.14. The summed E-state index contributed by atoms with van der Waals surface area (Å²) in [6.07, 6.45) is 3.13. The summed E-state index contributed by atoms with van der Waals surface area (Å²) in [5.41, 5.74) is 1.16. The van der Waals surface area contributed by atoms with Gasteiger partial charge < -0.3 is 34.8 Å². The van der Waals surface area contributed by atoms with E-state index in [9.17, 15) is 24.0 Å². The van der Waals surface area contributed by atoms with Gasteiger partial charge in [-0.15, -0.1) is 0 Å². The number of hydrogen-bond donors (Lipinski definition) is 2. The average Bonchev–Trinajstić information content (AvgIpc) is 3.56. The van der Waals surface area contributed by atoms with E-state index < -0.39 is 24.1 Å². The Kier molecular flexibility index (Phi) is 17.7. The quantitative estimate of drug-likeness (QED) is 0.190. The second-order valence-corrected chi connectivity index (χ2v) is 13.8. The van der Waals surface area contributed by atoms with E-state index in [1.165, 1.54) is 11.9 Å². The van der Waals surface area contributed by atoms with Gasteiger partial charge in [0.1, 0.15) is 6.04 Å². The first-order valence-corrected chi connectivity index (χ1v) is 17.7. The predicted octanol–water partition coefficient (Wildman–Crippen LogP) is 2.88. The summed E-state index contributed by atoms with van der Waals surface area (Å²) in [6, 6.07) is 8.69. The van der Waals surface area contributed by atoms with Crippen molar-refractivity contribution in [1.29, 1.82) is 0 Å². The molecule has 49 heavy (non-hydrogen) atoms. The van der Waals surface area contributed by atoms with Crippen LogP contribution in [0.15, 0.2) is 30.3 Å². The topological polar surface area (TPSA) is 138 Å². The zero-order valence-electron chi connectivity index (χ0n) is 31.1. The van der Waals surface area contributed by atoms with E-state index in [0.29, 0.717) is 19.5 Å². The summed E-state index contributed by atoms with van der Waals surface area (Å²) in [7, 11) is 6.39. The van der Waals surface area contributed by atoms with E-state index in [4.69, 9.17) is 9.47 Å². The molecule has 1 aliphatic heterocycles. The molecule has 0 radical (unpaired) electrons. The Bertz CT molecular complexity index is 1200. The minimum Gasteiger partial charge on any atom is -0.379 e. The van der Waals surface area contributed by atoms with Crippen molar-refractivity contribution in [3.8, 4) is 0 Å². The normalized spacial score (nSPS) is 18.2. The molecule has 2 rings (SSSR count). The second kappa shape index (κ2) is 20.9. The molecular formula is C37H61N5O7. The van der Waals surface area contributed by atoms with Crippen LogP contribution in [0, 0.1) is 17.8 Å². The van der Waals surface area contributed by atoms with E-state index in [0.717, 1.165) is 31.2 Å². The molecule has 0 aromatic heterocycles. The fourth-order valence-corrected chi connectivity index (χ4v) is 7.14. The number of ether oxygens (including phenoxy) is 2. The molecule has 2 N–H and O–H groups in total. The molecule has 7 atom stereocenters. The predicted molar refractivity (Wildman–Crippen MR) is 189 cm³/mol. The molecule has 1 saturated heterocycles. The Labute approximate surface area is 293 Å². The number of methoxy groups -OCH3 is 2. The Hall–Kier alpha value is -3.51. The van der Waals surface area contributed by atoms with Crippen LogP contribution in [0.3, 0.4) is 0 Å². The zero-order valence-corrected chi connectivity index (χ0v) is 31.1. The van der Waals surface area contributed by atoms with Crippen LogP contribution < -0.4 is 10.6 Å². The monoisotopic (exact) mass is 687 g/mol. The summed E-state index contributed by atoms with van der Waals surface area (Å²) < 4.78 is 11.9. The van der Waals surface area contributed by atoms with Gasteiger partial charge in [0.05, 0.1) is 37.3 Å². The number of benzene rings is 1. The summed E-state index contributed by atoms with van der Waals surface area (Å²) in [5.74, 6) is -1.13. The van der Waals surface area contributed by atoms with Gasteiger partial charge in [0.2, 0.25) is 30.0 Å². The van der Waals surface area contributed by atoms with Crippen molar-refractivity contribution in [2.75, 3.05) is 47.9 Å². The maximum atomic E-state index is 13.9. The highest BCUT2D eigenvalue weighted by Gasteiger charge is 2.41. The van der Waals surface area contributed by atoms with Crippen LogP contribution >= 0.6 is 0 Å². The lowest BCUT2D eigenvalue weighted by Crippen LogP contribution is -2.55. The third kappa shape index (κ3) is 12.1. The smallest absolute Gasteiger partial charge is 0.243 e. The fraction of sp³-hybridized carbons (Fsp3) is 0.703. The standard InChI is InChI=1S/C37H61N5O7/c1-10-26(4)35(41(7)33(46)23-39-37(47)34(25(2)3)40(6)24-43)30(48-8)22-32(45)42-20-14-17-29(42)36(49-9)27(5)21-31(44)38-19-18-28-15-12-11-13-16-28/h11-13,15-16,24-27,29-30,34-36H,10,14,17-23H2,1-9H3,(H,38,44)(H,39,47)/t26?,27-,29?,30?,34?,35?,36?/m0/s1. The van der Waals surface area contributed by atoms with Crippen molar-refractivity contribution in [1.82, 2.24) is 25.3 Å². The van der Waals surface area contributed by atoms with Gasteiger partial charge in [-0.3, -0.25) is 24.0 Å². The molecule has 12 heteroatoms. The van der Waals surface area contributed by atoms with Crippen molar-refractivity contribution < 1.29 is 33.4 Å². The number of amides is 5. The first kappa shape index (κ1) is 41.7. The Morgan fingerprint density at radius 2 is 1.65 bits per heavy atom. The molecule has 1 fully saturated rings. The van der Waals surface area contributed by atoms with Crippen LogP contribution in [-0.4, -0.2) is 123 Å². The van der Waals surface area contributed by atoms with Crippen LogP contribution in [0.4, 0.5) is 0 Å². The van der Waals surface area contributed by atoms with Crippen LogP contribution in [0.25, 0.3) is 0 Å². The average molecular weight is 688 g/mol. The van der Waals surface area contributed by atoms with Crippen molar-refractivity contribution in [2.45, 2.75) is 103 Å². The molecule has 6 unspecified atom stereocenters. The molecule has 1 aromatic carbocycles. The van der Waals surface area contributed by atoms with Crippen LogP contribution in [-0.2, 0) is 39.9 Å². The first-order chi connectivity index (χ1) is 23.3. The molecule has 0 spiro atoms. The number of nitrogens with one attached hydrogen (secondary N) is 2. The van der Waals surface area contributed by atoms with Gasteiger partial charge in [0.15, 0.2) is 0 Å².